The van der Waals surface area contributed by atoms with E-state index in [9.17, 15) is 4.79 Å². The number of allylic oxidation sites excluding steroid dienone is 2. The molecule has 0 aromatic carbocycles. The summed E-state index contributed by atoms with van der Waals surface area (Å²) in [5.74, 6) is 0.831. The largest absolute Gasteiger partial charge is 0.382 e. The molecule has 1 heterocycles. The van der Waals surface area contributed by atoms with Gasteiger partial charge in [-0.15, -0.1) is 0 Å². The van der Waals surface area contributed by atoms with Crippen LogP contribution >= 0.6 is 0 Å². The van der Waals surface area contributed by atoms with Crippen LogP contribution in [0.5, 0.6) is 0 Å². The highest BCUT2D eigenvalue weighted by atomic mass is 16.1. The fraction of sp³-hybridized carbons (Fsp3) is 0.667. The molecule has 0 aromatic heterocycles. The minimum absolute atomic E-state index is 0.326. The maximum Gasteiger partial charge on any atom is 0.179 e. The van der Waals surface area contributed by atoms with Crippen molar-refractivity contribution in [1.82, 2.24) is 5.32 Å². The highest BCUT2D eigenvalue weighted by molar-refractivity contribution is 5.98. The molecule has 1 unspecified atom stereocenters. The molecule has 2 rings (SSSR count). The third-order valence-corrected chi connectivity index (χ3v) is 2.61. The quantitative estimate of drug-likeness (QED) is 0.564. The van der Waals surface area contributed by atoms with Crippen molar-refractivity contribution in [3.8, 4) is 0 Å². The summed E-state index contributed by atoms with van der Waals surface area (Å²) in [6.45, 7) is 3.13. The van der Waals surface area contributed by atoms with Gasteiger partial charge in [-0.3, -0.25) is 4.79 Å². The number of hydrogen-bond acceptors (Lipinski definition) is 2. The van der Waals surface area contributed by atoms with Crippen LogP contribution in [-0.2, 0) is 4.79 Å². The molecular formula is C9H13NO. The molecule has 1 aliphatic carbocycles. The zero-order valence-electron chi connectivity index (χ0n) is 6.81. The van der Waals surface area contributed by atoms with Crippen LogP contribution in [0.2, 0.25) is 0 Å². The van der Waals surface area contributed by atoms with Crippen molar-refractivity contribution >= 4 is 5.78 Å². The number of Topliss-reactive ketones (excluding diaryl/α,β-unsaturated/α-hetero) is 1. The van der Waals surface area contributed by atoms with Crippen molar-refractivity contribution in [2.24, 2.45) is 5.92 Å². The number of nitrogens with one attached hydrogen (secondary N) is 1. The predicted octanol–water partition coefficient (Wildman–Crippen LogP) is 1.23. The molecule has 2 aliphatic rings. The standard InChI is InChI=1S/C9H13NO/c1-6-5-8(11)9-7(6)3-2-4-10-9/h6,10H,2-5H2,1H3. The van der Waals surface area contributed by atoms with E-state index in [2.05, 4.69) is 12.2 Å². The molecule has 1 atom stereocenters. The molecule has 0 spiro atoms. The van der Waals surface area contributed by atoms with Crippen LogP contribution in [0.1, 0.15) is 26.2 Å². The van der Waals surface area contributed by atoms with E-state index in [1.54, 1.807) is 0 Å². The van der Waals surface area contributed by atoms with E-state index >= 15 is 0 Å². The SMILES string of the molecule is CC1CC(=O)C2=C1CCCN2. The minimum atomic E-state index is 0.326. The number of rotatable bonds is 0. The average Bonchev–Trinajstić information content (AvgIpc) is 2.30. The van der Waals surface area contributed by atoms with Gasteiger partial charge in [0.15, 0.2) is 5.78 Å². The predicted molar refractivity (Wildman–Crippen MR) is 43.1 cm³/mol. The van der Waals surface area contributed by atoms with Gasteiger partial charge in [-0.1, -0.05) is 6.92 Å². The van der Waals surface area contributed by atoms with Crippen LogP contribution in [0.25, 0.3) is 0 Å². The fourth-order valence-electron chi connectivity index (χ4n) is 2.00. The van der Waals surface area contributed by atoms with Gasteiger partial charge in [-0.25, -0.2) is 0 Å². The molecule has 1 N–H and O–H groups in total. The van der Waals surface area contributed by atoms with Crippen LogP contribution in [0.4, 0.5) is 0 Å². The molecule has 0 amide bonds. The number of carbonyl (C=O) groups excluding carboxylic acids is 1. The Balaban J connectivity index is 2.32. The zero-order valence-corrected chi connectivity index (χ0v) is 6.81. The van der Waals surface area contributed by atoms with Crippen molar-refractivity contribution in [3.63, 3.8) is 0 Å². The van der Waals surface area contributed by atoms with Gasteiger partial charge < -0.3 is 5.32 Å². The summed E-state index contributed by atoms with van der Waals surface area (Å²) in [4.78, 5) is 11.3. The number of ketones is 1. The summed E-state index contributed by atoms with van der Waals surface area (Å²) < 4.78 is 0. The number of carbonyl (C=O) groups is 1. The Bertz CT molecular complexity index is 230. The lowest BCUT2D eigenvalue weighted by Gasteiger charge is -2.16. The van der Waals surface area contributed by atoms with Gasteiger partial charge >= 0.3 is 0 Å². The van der Waals surface area contributed by atoms with Gasteiger partial charge in [0, 0.05) is 13.0 Å². The lowest BCUT2D eigenvalue weighted by Crippen LogP contribution is -2.23. The molecule has 11 heavy (non-hydrogen) atoms. The monoisotopic (exact) mass is 151 g/mol. The lowest BCUT2D eigenvalue weighted by atomic mass is 9.98. The Morgan fingerprint density at radius 1 is 1.55 bits per heavy atom. The molecule has 60 valence electrons. The molecule has 0 bridgehead atoms. The Hall–Kier alpha value is -0.790. The first-order valence-corrected chi connectivity index (χ1v) is 4.29. The van der Waals surface area contributed by atoms with Gasteiger partial charge in [0.25, 0.3) is 0 Å². The summed E-state index contributed by atoms with van der Waals surface area (Å²) in [7, 11) is 0. The lowest BCUT2D eigenvalue weighted by molar-refractivity contribution is -0.115. The summed E-state index contributed by atoms with van der Waals surface area (Å²) in [5.41, 5.74) is 2.32. The van der Waals surface area contributed by atoms with E-state index < -0.39 is 0 Å². The first-order chi connectivity index (χ1) is 5.29. The molecular weight excluding hydrogens is 138 g/mol. The smallest absolute Gasteiger partial charge is 0.179 e. The van der Waals surface area contributed by atoms with Gasteiger partial charge in [0.1, 0.15) is 0 Å². The van der Waals surface area contributed by atoms with Crippen LogP contribution in [-0.4, -0.2) is 12.3 Å². The Morgan fingerprint density at radius 2 is 2.36 bits per heavy atom. The van der Waals surface area contributed by atoms with Gasteiger partial charge in [0.05, 0.1) is 5.70 Å². The van der Waals surface area contributed by atoms with Gasteiger partial charge in [0.2, 0.25) is 0 Å². The van der Waals surface area contributed by atoms with Crippen LogP contribution in [0.3, 0.4) is 0 Å². The first kappa shape index (κ1) is 6.89. The van der Waals surface area contributed by atoms with E-state index in [0.29, 0.717) is 11.7 Å². The third-order valence-electron chi connectivity index (χ3n) is 2.61. The van der Waals surface area contributed by atoms with Crippen LogP contribution in [0.15, 0.2) is 11.3 Å². The maximum absolute atomic E-state index is 11.3. The zero-order chi connectivity index (χ0) is 7.84. The highest BCUT2D eigenvalue weighted by Gasteiger charge is 2.30. The average molecular weight is 151 g/mol. The highest BCUT2D eigenvalue weighted by Crippen LogP contribution is 2.32. The van der Waals surface area contributed by atoms with E-state index in [4.69, 9.17) is 0 Å². The fourth-order valence-corrected chi connectivity index (χ4v) is 2.00. The molecule has 0 fully saturated rings. The van der Waals surface area contributed by atoms with Crippen LogP contribution in [0, 0.1) is 5.92 Å². The van der Waals surface area contributed by atoms with Crippen molar-refractivity contribution < 1.29 is 4.79 Å². The third kappa shape index (κ3) is 0.971. The van der Waals surface area contributed by atoms with Crippen LogP contribution < -0.4 is 5.32 Å². The number of hydrogen-bond donors (Lipinski definition) is 1. The summed E-state index contributed by atoms with van der Waals surface area (Å²) in [5, 5.41) is 3.19. The van der Waals surface area contributed by atoms with E-state index in [0.717, 1.165) is 25.1 Å². The van der Waals surface area contributed by atoms with Crippen molar-refractivity contribution in [1.29, 1.82) is 0 Å². The minimum Gasteiger partial charge on any atom is -0.382 e. The topological polar surface area (TPSA) is 29.1 Å². The molecule has 0 saturated heterocycles. The molecule has 0 radical (unpaired) electrons. The Morgan fingerprint density at radius 3 is 3.09 bits per heavy atom. The summed E-state index contributed by atoms with van der Waals surface area (Å²) >= 11 is 0. The maximum atomic E-state index is 11.3. The first-order valence-electron chi connectivity index (χ1n) is 4.29. The van der Waals surface area contributed by atoms with E-state index in [1.807, 2.05) is 0 Å². The van der Waals surface area contributed by atoms with Crippen molar-refractivity contribution in [2.45, 2.75) is 26.2 Å². The molecule has 2 heteroatoms. The molecule has 2 nitrogen and oxygen atoms in total. The second kappa shape index (κ2) is 2.36. The van der Waals surface area contributed by atoms with Crippen molar-refractivity contribution in [3.05, 3.63) is 11.3 Å². The molecule has 0 aromatic rings. The second-order valence-electron chi connectivity index (χ2n) is 3.46. The Labute approximate surface area is 66.7 Å². The second-order valence-corrected chi connectivity index (χ2v) is 3.46. The summed E-state index contributed by atoms with van der Waals surface area (Å²) in [6.07, 6.45) is 3.06. The van der Waals surface area contributed by atoms with Gasteiger partial charge in [-0.05, 0) is 24.3 Å². The van der Waals surface area contributed by atoms with E-state index in [-0.39, 0.29) is 0 Å². The van der Waals surface area contributed by atoms with Gasteiger partial charge in [-0.2, -0.15) is 0 Å². The molecule has 1 aliphatic heterocycles. The Kier molecular flexibility index (Phi) is 1.48. The van der Waals surface area contributed by atoms with E-state index in [1.165, 1.54) is 12.0 Å². The normalized spacial score (nSPS) is 30.3. The molecule has 0 saturated carbocycles. The van der Waals surface area contributed by atoms with Crippen molar-refractivity contribution in [2.75, 3.05) is 6.54 Å². The summed E-state index contributed by atoms with van der Waals surface area (Å²) in [6, 6.07) is 0.